The second-order valence-electron chi connectivity index (χ2n) is 6.23. The molecule has 3 rings (SSSR count). The maximum Gasteiger partial charge on any atom is 0.115 e. The first kappa shape index (κ1) is 15.1. The summed E-state index contributed by atoms with van der Waals surface area (Å²) in [5.74, 6) is 0.347. The molecule has 1 fully saturated rings. The second-order valence-corrected chi connectivity index (χ2v) is 6.23. The predicted octanol–water partition coefficient (Wildman–Crippen LogP) is 4.55. The molecular formula is C20H25NO. The highest BCUT2D eigenvalue weighted by Gasteiger charge is 2.21. The summed E-state index contributed by atoms with van der Waals surface area (Å²) in [6.45, 7) is 2.43. The lowest BCUT2D eigenvalue weighted by Crippen LogP contribution is -2.34. The molecule has 0 saturated carbocycles. The largest absolute Gasteiger partial charge is 0.508 e. The van der Waals surface area contributed by atoms with Crippen LogP contribution in [0.1, 0.15) is 42.9 Å². The average molecular weight is 295 g/mol. The van der Waals surface area contributed by atoms with Gasteiger partial charge in [-0.15, -0.1) is 0 Å². The fourth-order valence-electron chi connectivity index (χ4n) is 3.43. The van der Waals surface area contributed by atoms with Gasteiger partial charge in [0.15, 0.2) is 0 Å². The van der Waals surface area contributed by atoms with E-state index in [0.29, 0.717) is 11.8 Å². The first-order valence-electron chi connectivity index (χ1n) is 8.40. The molecule has 1 aliphatic heterocycles. The highest BCUT2D eigenvalue weighted by Crippen LogP contribution is 2.29. The molecule has 1 unspecified atom stereocenters. The Kier molecular flexibility index (Phi) is 5.12. The first-order chi connectivity index (χ1) is 10.8. The zero-order valence-corrected chi connectivity index (χ0v) is 13.1. The number of phenolic OH excluding ortho intramolecular Hbond substituents is 1. The standard InChI is InChI=1S/C20H25NO/c22-19-12-9-17(10-13-19)11-14-20(18-7-3-1-4-8-18)21-15-5-2-6-16-21/h1,3-4,7-10,12-13,20,22H,2,5-6,11,14-16H2. The predicted molar refractivity (Wildman–Crippen MR) is 91.0 cm³/mol. The van der Waals surface area contributed by atoms with Crippen LogP contribution >= 0.6 is 0 Å². The van der Waals surface area contributed by atoms with Crippen LogP contribution in [0.3, 0.4) is 0 Å². The molecule has 116 valence electrons. The maximum absolute atomic E-state index is 9.41. The summed E-state index contributed by atoms with van der Waals surface area (Å²) in [4.78, 5) is 2.65. The monoisotopic (exact) mass is 295 g/mol. The van der Waals surface area contributed by atoms with Gasteiger partial charge in [-0.25, -0.2) is 0 Å². The number of hydrogen-bond acceptors (Lipinski definition) is 2. The molecule has 1 atom stereocenters. The van der Waals surface area contributed by atoms with Gasteiger partial charge in [-0.2, -0.15) is 0 Å². The van der Waals surface area contributed by atoms with Crippen molar-refractivity contribution in [3.8, 4) is 5.75 Å². The molecule has 1 heterocycles. The Labute approximate surface area is 133 Å². The van der Waals surface area contributed by atoms with E-state index in [1.807, 2.05) is 12.1 Å². The van der Waals surface area contributed by atoms with Crippen LogP contribution < -0.4 is 0 Å². The molecule has 1 aliphatic rings. The average Bonchev–Trinajstić information content (AvgIpc) is 2.59. The normalized spacial score (nSPS) is 17.3. The summed E-state index contributed by atoms with van der Waals surface area (Å²) < 4.78 is 0. The Balaban J connectivity index is 1.72. The molecule has 0 aliphatic carbocycles. The van der Waals surface area contributed by atoms with Crippen molar-refractivity contribution >= 4 is 0 Å². The Bertz CT molecular complexity index is 558. The van der Waals surface area contributed by atoms with Gasteiger partial charge in [-0.3, -0.25) is 4.90 Å². The fourth-order valence-corrected chi connectivity index (χ4v) is 3.43. The molecule has 0 bridgehead atoms. The van der Waals surface area contributed by atoms with Crippen molar-refractivity contribution in [2.24, 2.45) is 0 Å². The van der Waals surface area contributed by atoms with E-state index in [1.54, 1.807) is 12.1 Å². The van der Waals surface area contributed by atoms with Crippen LogP contribution in [0.5, 0.6) is 5.75 Å². The quantitative estimate of drug-likeness (QED) is 0.874. The van der Waals surface area contributed by atoms with Crippen LogP contribution in [0.4, 0.5) is 0 Å². The minimum Gasteiger partial charge on any atom is -0.508 e. The van der Waals surface area contributed by atoms with Crippen molar-refractivity contribution < 1.29 is 5.11 Å². The van der Waals surface area contributed by atoms with Crippen LogP contribution in [-0.2, 0) is 6.42 Å². The van der Waals surface area contributed by atoms with E-state index >= 15 is 0 Å². The Hall–Kier alpha value is -1.80. The third kappa shape index (κ3) is 3.89. The van der Waals surface area contributed by atoms with Crippen LogP contribution in [0.15, 0.2) is 54.6 Å². The summed E-state index contributed by atoms with van der Waals surface area (Å²) in [6, 6.07) is 19.1. The van der Waals surface area contributed by atoms with E-state index in [9.17, 15) is 5.11 Å². The molecule has 2 aromatic rings. The van der Waals surface area contributed by atoms with Gasteiger partial charge in [0.2, 0.25) is 0 Å². The van der Waals surface area contributed by atoms with Gasteiger partial charge in [-0.1, -0.05) is 48.9 Å². The van der Waals surface area contributed by atoms with Gasteiger partial charge < -0.3 is 5.11 Å². The number of piperidine rings is 1. The number of aromatic hydroxyl groups is 1. The van der Waals surface area contributed by atoms with Crippen molar-refractivity contribution in [1.29, 1.82) is 0 Å². The van der Waals surface area contributed by atoms with Crippen LogP contribution in [-0.4, -0.2) is 23.1 Å². The van der Waals surface area contributed by atoms with E-state index in [-0.39, 0.29) is 0 Å². The van der Waals surface area contributed by atoms with E-state index in [1.165, 1.54) is 43.5 Å². The molecule has 0 spiro atoms. The molecule has 22 heavy (non-hydrogen) atoms. The molecule has 1 N–H and O–H groups in total. The number of rotatable bonds is 5. The SMILES string of the molecule is Oc1ccc(CCC(c2ccccc2)N2CCCCC2)cc1. The Morgan fingerprint density at radius 1 is 0.864 bits per heavy atom. The topological polar surface area (TPSA) is 23.5 Å². The number of nitrogens with zero attached hydrogens (tertiary/aromatic N) is 1. The van der Waals surface area contributed by atoms with Gasteiger partial charge in [0.05, 0.1) is 0 Å². The van der Waals surface area contributed by atoms with Gasteiger partial charge in [0.25, 0.3) is 0 Å². The van der Waals surface area contributed by atoms with E-state index in [0.717, 1.165) is 12.8 Å². The van der Waals surface area contributed by atoms with Crippen molar-refractivity contribution in [2.75, 3.05) is 13.1 Å². The number of likely N-dealkylation sites (tertiary alicyclic amines) is 1. The van der Waals surface area contributed by atoms with Crippen molar-refractivity contribution in [3.05, 3.63) is 65.7 Å². The van der Waals surface area contributed by atoms with E-state index in [4.69, 9.17) is 0 Å². The third-order valence-corrected chi connectivity index (χ3v) is 4.66. The summed E-state index contributed by atoms with van der Waals surface area (Å²) >= 11 is 0. The van der Waals surface area contributed by atoms with Crippen LogP contribution in [0, 0.1) is 0 Å². The van der Waals surface area contributed by atoms with Crippen molar-refractivity contribution in [3.63, 3.8) is 0 Å². The second kappa shape index (κ2) is 7.46. The number of phenols is 1. The maximum atomic E-state index is 9.41. The van der Waals surface area contributed by atoms with E-state index < -0.39 is 0 Å². The Morgan fingerprint density at radius 3 is 2.23 bits per heavy atom. The third-order valence-electron chi connectivity index (χ3n) is 4.66. The zero-order chi connectivity index (χ0) is 15.2. The van der Waals surface area contributed by atoms with Gasteiger partial charge in [0.1, 0.15) is 5.75 Å². The number of aryl methyl sites for hydroxylation is 1. The lowest BCUT2D eigenvalue weighted by molar-refractivity contribution is 0.156. The summed E-state index contributed by atoms with van der Waals surface area (Å²) in [6.07, 6.45) is 6.20. The molecule has 1 saturated heterocycles. The van der Waals surface area contributed by atoms with Crippen molar-refractivity contribution in [2.45, 2.75) is 38.1 Å². The highest BCUT2D eigenvalue weighted by atomic mass is 16.3. The summed E-state index contributed by atoms with van der Waals surface area (Å²) in [7, 11) is 0. The molecule has 0 amide bonds. The van der Waals surface area contributed by atoms with Gasteiger partial charge in [0, 0.05) is 6.04 Å². The van der Waals surface area contributed by atoms with Crippen LogP contribution in [0.2, 0.25) is 0 Å². The van der Waals surface area contributed by atoms with Gasteiger partial charge >= 0.3 is 0 Å². The molecule has 2 heteroatoms. The number of hydrogen-bond donors (Lipinski definition) is 1. The highest BCUT2D eigenvalue weighted by molar-refractivity contribution is 5.26. The summed E-state index contributed by atoms with van der Waals surface area (Å²) in [5.41, 5.74) is 2.74. The zero-order valence-electron chi connectivity index (χ0n) is 13.1. The smallest absolute Gasteiger partial charge is 0.115 e. The van der Waals surface area contributed by atoms with Crippen LogP contribution in [0.25, 0.3) is 0 Å². The summed E-state index contributed by atoms with van der Waals surface area (Å²) in [5, 5.41) is 9.41. The molecule has 2 aromatic carbocycles. The van der Waals surface area contributed by atoms with Gasteiger partial charge in [-0.05, 0) is 62.0 Å². The first-order valence-corrected chi connectivity index (χ1v) is 8.40. The molecule has 0 aromatic heterocycles. The lowest BCUT2D eigenvalue weighted by Gasteiger charge is -2.35. The lowest BCUT2D eigenvalue weighted by atomic mass is 9.95. The minimum atomic E-state index is 0.347. The van der Waals surface area contributed by atoms with E-state index in [2.05, 4.69) is 35.2 Å². The molecule has 0 radical (unpaired) electrons. The molecule has 2 nitrogen and oxygen atoms in total. The van der Waals surface area contributed by atoms with Crippen molar-refractivity contribution in [1.82, 2.24) is 4.90 Å². The Morgan fingerprint density at radius 2 is 1.55 bits per heavy atom. The number of benzene rings is 2. The fraction of sp³-hybridized carbons (Fsp3) is 0.400. The minimum absolute atomic E-state index is 0.347. The molecular weight excluding hydrogens is 270 g/mol.